The summed E-state index contributed by atoms with van der Waals surface area (Å²) < 4.78 is 26.9. The fourth-order valence-electron chi connectivity index (χ4n) is 2.82. The Balaban J connectivity index is 1.71. The van der Waals surface area contributed by atoms with Gasteiger partial charge in [0, 0.05) is 17.2 Å². The largest absolute Gasteiger partial charge is 0.345 e. The fraction of sp³-hybridized carbons (Fsp3) is 0.211. The minimum Gasteiger partial charge on any atom is -0.345 e. The second-order valence-corrected chi connectivity index (χ2v) is 6.20. The van der Waals surface area contributed by atoms with E-state index in [1.807, 2.05) is 0 Å². The average Bonchev–Trinajstić information content (AvgIpc) is 2.93. The van der Waals surface area contributed by atoms with Crippen molar-refractivity contribution < 1.29 is 23.2 Å². The van der Waals surface area contributed by atoms with Crippen LogP contribution in [-0.4, -0.2) is 29.3 Å². The lowest BCUT2D eigenvalue weighted by atomic mass is 10.1. The van der Waals surface area contributed by atoms with Crippen molar-refractivity contribution in [2.24, 2.45) is 0 Å². The molecule has 8 heteroatoms. The van der Waals surface area contributed by atoms with Gasteiger partial charge in [-0.1, -0.05) is 18.2 Å². The Morgan fingerprint density at radius 3 is 2.67 bits per heavy atom. The average molecular weight is 373 g/mol. The number of nitrogens with zero attached hydrogens (tertiary/aromatic N) is 1. The predicted molar refractivity (Wildman–Crippen MR) is 92.6 cm³/mol. The van der Waals surface area contributed by atoms with Gasteiger partial charge >= 0.3 is 6.03 Å². The zero-order valence-electron chi connectivity index (χ0n) is 14.5. The van der Waals surface area contributed by atoms with Crippen molar-refractivity contribution in [3.8, 4) is 0 Å². The monoisotopic (exact) mass is 373 g/mol. The number of carbonyl (C=O) groups is 3. The second kappa shape index (κ2) is 7.53. The Hall–Kier alpha value is -3.29. The molecule has 1 atom stereocenters. The van der Waals surface area contributed by atoms with Crippen molar-refractivity contribution in [2.75, 3.05) is 6.54 Å². The lowest BCUT2D eigenvalue weighted by Crippen LogP contribution is -2.30. The van der Waals surface area contributed by atoms with Gasteiger partial charge in [-0.2, -0.15) is 0 Å². The van der Waals surface area contributed by atoms with Crippen molar-refractivity contribution in [2.45, 2.75) is 19.5 Å². The molecule has 1 saturated heterocycles. The number of hydrogen-bond acceptors (Lipinski definition) is 3. The summed E-state index contributed by atoms with van der Waals surface area (Å²) >= 11 is 0. The first-order valence-corrected chi connectivity index (χ1v) is 8.28. The fourth-order valence-corrected chi connectivity index (χ4v) is 2.82. The summed E-state index contributed by atoms with van der Waals surface area (Å²) in [6.07, 6.45) is 0. The number of benzene rings is 2. The number of nitrogens with one attached hydrogen (secondary N) is 2. The molecular weight excluding hydrogens is 356 g/mol. The molecule has 0 aliphatic carbocycles. The number of imide groups is 1. The van der Waals surface area contributed by atoms with Gasteiger partial charge in [0.25, 0.3) is 5.91 Å². The molecule has 2 aromatic carbocycles. The summed E-state index contributed by atoms with van der Waals surface area (Å²) in [5.41, 5.74) is 1.07. The number of halogens is 2. The minimum atomic E-state index is -0.741. The van der Waals surface area contributed by atoms with Gasteiger partial charge in [-0.15, -0.1) is 0 Å². The van der Waals surface area contributed by atoms with Crippen molar-refractivity contribution in [3.63, 3.8) is 0 Å². The van der Waals surface area contributed by atoms with Crippen LogP contribution < -0.4 is 10.6 Å². The number of amides is 4. The summed E-state index contributed by atoms with van der Waals surface area (Å²) in [6, 6.07) is 8.47. The maximum atomic E-state index is 13.9. The topological polar surface area (TPSA) is 78.5 Å². The quantitative estimate of drug-likeness (QED) is 0.791. The Morgan fingerprint density at radius 1 is 1.22 bits per heavy atom. The van der Waals surface area contributed by atoms with Crippen LogP contribution in [-0.2, 0) is 11.3 Å². The third-order valence-electron chi connectivity index (χ3n) is 4.24. The molecule has 2 N–H and O–H groups in total. The van der Waals surface area contributed by atoms with E-state index in [-0.39, 0.29) is 24.6 Å². The van der Waals surface area contributed by atoms with Crippen LogP contribution in [0.3, 0.4) is 0 Å². The standard InChI is InChI=1S/C19H17F2N3O3/c1-11(15-6-5-14(20)8-16(15)21)23-18(26)13-4-2-3-12(7-13)10-24-17(25)9-22-19(24)27/h2-8,11H,9-10H2,1H3,(H,22,27)(H,23,26)/t11-/m0/s1. The molecule has 3 rings (SSSR count). The highest BCUT2D eigenvalue weighted by Crippen LogP contribution is 2.19. The first kappa shape index (κ1) is 18.5. The van der Waals surface area contributed by atoms with E-state index < -0.39 is 29.6 Å². The van der Waals surface area contributed by atoms with Crippen molar-refractivity contribution in [1.29, 1.82) is 0 Å². The lowest BCUT2D eigenvalue weighted by Gasteiger charge is -2.16. The molecule has 0 spiro atoms. The molecule has 0 radical (unpaired) electrons. The summed E-state index contributed by atoms with van der Waals surface area (Å²) in [4.78, 5) is 36.8. The molecule has 1 heterocycles. The smallest absolute Gasteiger partial charge is 0.324 e. The van der Waals surface area contributed by atoms with E-state index in [9.17, 15) is 23.2 Å². The molecule has 140 valence electrons. The normalized spacial score (nSPS) is 14.9. The van der Waals surface area contributed by atoms with Crippen LogP contribution in [0.4, 0.5) is 13.6 Å². The first-order valence-electron chi connectivity index (χ1n) is 8.28. The molecule has 0 aromatic heterocycles. The van der Waals surface area contributed by atoms with E-state index in [2.05, 4.69) is 10.6 Å². The van der Waals surface area contributed by atoms with Crippen LogP contribution in [0.5, 0.6) is 0 Å². The highest BCUT2D eigenvalue weighted by atomic mass is 19.1. The third-order valence-corrected chi connectivity index (χ3v) is 4.24. The molecule has 0 bridgehead atoms. The second-order valence-electron chi connectivity index (χ2n) is 6.20. The Bertz CT molecular complexity index is 901. The first-order chi connectivity index (χ1) is 12.8. The Kier molecular flexibility index (Phi) is 5.16. The molecule has 1 aliphatic heterocycles. The zero-order valence-corrected chi connectivity index (χ0v) is 14.5. The van der Waals surface area contributed by atoms with Gasteiger partial charge < -0.3 is 10.6 Å². The van der Waals surface area contributed by atoms with Crippen molar-refractivity contribution in [3.05, 3.63) is 70.8 Å². The number of urea groups is 1. The van der Waals surface area contributed by atoms with E-state index >= 15 is 0 Å². The van der Waals surface area contributed by atoms with Crippen LogP contribution in [0, 0.1) is 11.6 Å². The van der Waals surface area contributed by atoms with Gasteiger partial charge in [-0.05, 0) is 30.7 Å². The van der Waals surface area contributed by atoms with Gasteiger partial charge in [0.2, 0.25) is 5.91 Å². The summed E-state index contributed by atoms with van der Waals surface area (Å²) in [5, 5.41) is 5.08. The Morgan fingerprint density at radius 2 is 2.00 bits per heavy atom. The van der Waals surface area contributed by atoms with Gasteiger partial charge in [-0.3, -0.25) is 14.5 Å². The number of rotatable bonds is 5. The lowest BCUT2D eigenvalue weighted by molar-refractivity contribution is -0.125. The van der Waals surface area contributed by atoms with E-state index in [4.69, 9.17) is 0 Å². The van der Waals surface area contributed by atoms with Gasteiger partial charge in [0.15, 0.2) is 0 Å². The summed E-state index contributed by atoms with van der Waals surface area (Å²) in [7, 11) is 0. The minimum absolute atomic E-state index is 0.0419. The van der Waals surface area contributed by atoms with E-state index in [0.29, 0.717) is 11.1 Å². The van der Waals surface area contributed by atoms with Crippen molar-refractivity contribution >= 4 is 17.8 Å². The molecule has 1 aliphatic rings. The number of hydrogen-bond donors (Lipinski definition) is 2. The van der Waals surface area contributed by atoms with Crippen LogP contribution in [0.1, 0.15) is 34.5 Å². The van der Waals surface area contributed by atoms with Crippen LogP contribution in [0.15, 0.2) is 42.5 Å². The molecular formula is C19H17F2N3O3. The maximum Gasteiger partial charge on any atom is 0.324 e. The maximum absolute atomic E-state index is 13.9. The van der Waals surface area contributed by atoms with Crippen molar-refractivity contribution in [1.82, 2.24) is 15.5 Å². The molecule has 1 fully saturated rings. The molecule has 27 heavy (non-hydrogen) atoms. The van der Waals surface area contributed by atoms with E-state index in [1.54, 1.807) is 31.2 Å². The predicted octanol–water partition coefficient (Wildman–Crippen LogP) is 2.51. The van der Waals surface area contributed by atoms with Gasteiger partial charge in [0.1, 0.15) is 11.6 Å². The molecule has 0 unspecified atom stereocenters. The molecule has 2 aromatic rings. The molecule has 0 saturated carbocycles. The molecule has 6 nitrogen and oxygen atoms in total. The van der Waals surface area contributed by atoms with E-state index in [1.165, 1.54) is 6.07 Å². The van der Waals surface area contributed by atoms with Crippen LogP contribution in [0.2, 0.25) is 0 Å². The molecule has 4 amide bonds. The van der Waals surface area contributed by atoms with Gasteiger partial charge in [-0.25, -0.2) is 13.6 Å². The zero-order chi connectivity index (χ0) is 19.6. The summed E-state index contributed by atoms with van der Waals surface area (Å²) in [5.74, 6) is -2.22. The Labute approximate surface area is 154 Å². The highest BCUT2D eigenvalue weighted by molar-refractivity contribution is 6.02. The van der Waals surface area contributed by atoms with E-state index in [0.717, 1.165) is 17.0 Å². The van der Waals surface area contributed by atoms with Crippen LogP contribution >= 0.6 is 0 Å². The summed E-state index contributed by atoms with van der Waals surface area (Å²) in [6.45, 7) is 1.60. The number of carbonyl (C=O) groups excluding carboxylic acids is 3. The SMILES string of the molecule is C[C@H](NC(=O)c1cccc(CN2C(=O)CNC2=O)c1)c1ccc(F)cc1F. The van der Waals surface area contributed by atoms with Crippen LogP contribution in [0.25, 0.3) is 0 Å². The highest BCUT2D eigenvalue weighted by Gasteiger charge is 2.28. The third kappa shape index (κ3) is 4.11. The van der Waals surface area contributed by atoms with Gasteiger partial charge in [0.05, 0.1) is 19.1 Å².